The second kappa shape index (κ2) is 8.10. The predicted octanol–water partition coefficient (Wildman–Crippen LogP) is 6.61. The number of imidazole rings is 2. The van der Waals surface area contributed by atoms with Crippen LogP contribution in [-0.2, 0) is 13.1 Å². The van der Waals surface area contributed by atoms with Gasteiger partial charge in [-0.25, -0.2) is 9.97 Å². The van der Waals surface area contributed by atoms with Gasteiger partial charge in [-0.3, -0.25) is 0 Å². The fourth-order valence-electron chi connectivity index (χ4n) is 4.12. The fraction of sp³-hybridized carbons (Fsp3) is 0.385. The Morgan fingerprint density at radius 2 is 1.00 bits per heavy atom. The number of aromatic nitrogens is 4. The number of hydrogen-bond donors (Lipinski definition) is 0. The Bertz CT molecular complexity index is 1160. The maximum atomic E-state index is 4.95. The predicted molar refractivity (Wildman–Crippen MR) is 128 cm³/mol. The minimum Gasteiger partial charge on any atom is -0.324 e. The van der Waals surface area contributed by atoms with Crippen molar-refractivity contribution in [2.75, 3.05) is 0 Å². The third-order valence-corrected chi connectivity index (χ3v) is 6.06. The highest BCUT2D eigenvalue weighted by molar-refractivity contribution is 5.83. The Morgan fingerprint density at radius 3 is 1.37 bits per heavy atom. The Morgan fingerprint density at radius 1 is 0.633 bits per heavy atom. The lowest BCUT2D eigenvalue weighted by Gasteiger charge is -2.07. The van der Waals surface area contributed by atoms with Gasteiger partial charge in [0.05, 0.1) is 22.1 Å². The maximum Gasteiger partial charge on any atom is 0.133 e. The smallest absolute Gasteiger partial charge is 0.133 e. The third kappa shape index (κ3) is 3.55. The Kier molecular flexibility index (Phi) is 5.50. The summed E-state index contributed by atoms with van der Waals surface area (Å²) in [6.07, 6.45) is 6.42. The first-order valence-electron chi connectivity index (χ1n) is 11.1. The molecule has 0 atom stereocenters. The Hall–Kier alpha value is -2.88. The number of rotatable bonds is 6. The van der Waals surface area contributed by atoms with Gasteiger partial charge in [-0.1, -0.05) is 13.8 Å². The lowest BCUT2D eigenvalue weighted by atomic mass is 10.1. The van der Waals surface area contributed by atoms with E-state index in [-0.39, 0.29) is 0 Å². The van der Waals surface area contributed by atoms with Crippen LogP contribution in [0.3, 0.4) is 0 Å². The lowest BCUT2D eigenvalue weighted by molar-refractivity contribution is 0.688. The monoisotopic (exact) mass is 400 g/mol. The number of fused-ring (bicyclic) bond motifs is 2. The van der Waals surface area contributed by atoms with E-state index in [1.165, 1.54) is 33.3 Å². The molecule has 0 N–H and O–H groups in total. The van der Waals surface area contributed by atoms with Crippen molar-refractivity contribution in [1.82, 2.24) is 19.1 Å². The molecule has 0 spiro atoms. The number of aryl methyl sites for hydroxylation is 6. The third-order valence-electron chi connectivity index (χ3n) is 6.06. The van der Waals surface area contributed by atoms with Crippen molar-refractivity contribution in [3.05, 3.63) is 58.2 Å². The molecule has 0 aliphatic carbocycles. The highest BCUT2D eigenvalue weighted by Gasteiger charge is 2.12. The number of nitrogens with zero attached hydrogens (tertiary/aromatic N) is 4. The van der Waals surface area contributed by atoms with E-state index in [9.17, 15) is 0 Å². The summed E-state index contributed by atoms with van der Waals surface area (Å²) in [5, 5.41) is 0. The van der Waals surface area contributed by atoms with Gasteiger partial charge >= 0.3 is 0 Å². The molecule has 0 radical (unpaired) electrons. The van der Waals surface area contributed by atoms with Gasteiger partial charge in [0, 0.05) is 13.1 Å². The van der Waals surface area contributed by atoms with Crippen LogP contribution in [0.1, 0.15) is 60.6 Å². The van der Waals surface area contributed by atoms with Crippen molar-refractivity contribution < 1.29 is 0 Å². The van der Waals surface area contributed by atoms with Crippen LogP contribution < -0.4 is 0 Å². The second-order valence-corrected chi connectivity index (χ2v) is 8.43. The van der Waals surface area contributed by atoms with Gasteiger partial charge in [0.15, 0.2) is 0 Å². The Labute approximate surface area is 179 Å². The number of hydrogen-bond acceptors (Lipinski definition) is 2. The quantitative estimate of drug-likeness (QED) is 0.365. The molecule has 0 aliphatic rings. The van der Waals surface area contributed by atoms with Crippen LogP contribution in [0.5, 0.6) is 0 Å². The van der Waals surface area contributed by atoms with Gasteiger partial charge in [-0.15, -0.1) is 0 Å². The lowest BCUT2D eigenvalue weighted by Crippen LogP contribution is -2.01. The maximum absolute atomic E-state index is 4.95. The molecule has 0 amide bonds. The van der Waals surface area contributed by atoms with E-state index in [1.54, 1.807) is 0 Å². The summed E-state index contributed by atoms with van der Waals surface area (Å²) in [4.78, 5) is 9.89. The molecular formula is C26H32N4. The normalized spacial score (nSPS) is 12.1. The molecule has 4 rings (SSSR count). The molecule has 0 fully saturated rings. The fourth-order valence-corrected chi connectivity index (χ4v) is 4.12. The summed E-state index contributed by atoms with van der Waals surface area (Å²) < 4.78 is 4.67. The average molecular weight is 401 g/mol. The zero-order chi connectivity index (χ0) is 21.4. The highest BCUT2D eigenvalue weighted by atomic mass is 15.1. The molecule has 2 heterocycles. The van der Waals surface area contributed by atoms with Gasteiger partial charge in [0.1, 0.15) is 11.6 Å². The van der Waals surface area contributed by atoms with Crippen LogP contribution in [0.15, 0.2) is 24.3 Å². The van der Waals surface area contributed by atoms with Gasteiger partial charge < -0.3 is 9.13 Å². The molecule has 30 heavy (non-hydrogen) atoms. The van der Waals surface area contributed by atoms with Gasteiger partial charge in [0.25, 0.3) is 0 Å². The minimum absolute atomic E-state index is 0.961. The van der Waals surface area contributed by atoms with E-state index in [4.69, 9.17) is 9.97 Å². The molecular weight excluding hydrogens is 368 g/mol. The van der Waals surface area contributed by atoms with Crippen LogP contribution in [0.2, 0.25) is 0 Å². The van der Waals surface area contributed by atoms with Crippen molar-refractivity contribution in [2.45, 2.75) is 67.5 Å². The first-order chi connectivity index (χ1) is 14.4. The first kappa shape index (κ1) is 20.4. The van der Waals surface area contributed by atoms with Crippen LogP contribution in [0.4, 0.5) is 0 Å². The van der Waals surface area contributed by atoms with Gasteiger partial charge in [-0.2, -0.15) is 0 Å². The summed E-state index contributed by atoms with van der Waals surface area (Å²) >= 11 is 0. The van der Waals surface area contributed by atoms with E-state index in [2.05, 4.69) is 87.1 Å². The molecule has 0 bridgehead atoms. The largest absolute Gasteiger partial charge is 0.324 e. The van der Waals surface area contributed by atoms with Crippen molar-refractivity contribution in [1.29, 1.82) is 0 Å². The van der Waals surface area contributed by atoms with Crippen molar-refractivity contribution >= 4 is 34.2 Å². The summed E-state index contributed by atoms with van der Waals surface area (Å²) in [5.41, 5.74) is 9.76. The topological polar surface area (TPSA) is 35.6 Å². The molecule has 0 saturated heterocycles. The van der Waals surface area contributed by atoms with E-state index in [0.29, 0.717) is 0 Å². The SMILES string of the molecule is CCCn1c(C=Cc2nc3cc(C)c(C)cc3n2CCC)nc2cc(C)c(C)cc21. The van der Waals surface area contributed by atoms with Gasteiger partial charge in [0.2, 0.25) is 0 Å². The molecule has 156 valence electrons. The standard InChI is InChI=1S/C26H32N4/c1-7-11-29-23-15-19(5)17(3)13-21(23)27-25(29)9-10-26-28-22-14-18(4)20(6)16-24(22)30(26)12-8-2/h9-10,13-16H,7-8,11-12H2,1-6H3. The molecule has 0 saturated carbocycles. The van der Waals surface area contributed by atoms with E-state index < -0.39 is 0 Å². The average Bonchev–Trinajstić information content (AvgIpc) is 3.20. The Balaban J connectivity index is 1.83. The van der Waals surface area contributed by atoms with Crippen LogP contribution >= 0.6 is 0 Å². The zero-order valence-corrected chi connectivity index (χ0v) is 19.1. The molecule has 4 heteroatoms. The highest BCUT2D eigenvalue weighted by Crippen LogP contribution is 2.25. The molecule has 4 aromatic rings. The molecule has 2 aromatic heterocycles. The molecule has 4 nitrogen and oxygen atoms in total. The van der Waals surface area contributed by atoms with Crippen LogP contribution in [0, 0.1) is 27.7 Å². The molecule has 0 aliphatic heterocycles. The molecule has 0 unspecified atom stereocenters. The summed E-state index contributed by atoms with van der Waals surface area (Å²) in [6.45, 7) is 15.0. The first-order valence-corrected chi connectivity index (χ1v) is 11.1. The van der Waals surface area contributed by atoms with E-state index in [1.807, 2.05) is 0 Å². The second-order valence-electron chi connectivity index (χ2n) is 8.43. The molecule has 2 aromatic carbocycles. The summed E-state index contributed by atoms with van der Waals surface area (Å²) in [6, 6.07) is 8.93. The van der Waals surface area contributed by atoms with Crippen LogP contribution in [-0.4, -0.2) is 19.1 Å². The summed E-state index contributed by atoms with van der Waals surface area (Å²) in [7, 11) is 0. The summed E-state index contributed by atoms with van der Waals surface area (Å²) in [5.74, 6) is 2.00. The number of benzene rings is 2. The van der Waals surface area contributed by atoms with Crippen molar-refractivity contribution in [3.63, 3.8) is 0 Å². The van der Waals surface area contributed by atoms with Crippen LogP contribution in [0.25, 0.3) is 34.2 Å². The minimum atomic E-state index is 0.961. The van der Waals surface area contributed by atoms with Crippen molar-refractivity contribution in [2.24, 2.45) is 0 Å². The van der Waals surface area contributed by atoms with Gasteiger partial charge in [-0.05, 0) is 99.2 Å². The van der Waals surface area contributed by atoms with Crippen molar-refractivity contribution in [3.8, 4) is 0 Å². The van der Waals surface area contributed by atoms with E-state index in [0.717, 1.165) is 48.6 Å². The zero-order valence-electron chi connectivity index (χ0n) is 19.1. The van der Waals surface area contributed by atoms with E-state index >= 15 is 0 Å².